The second-order valence-corrected chi connectivity index (χ2v) is 8.28. The van der Waals surface area contributed by atoms with Gasteiger partial charge in [-0.2, -0.15) is 0 Å². The first-order valence-electron chi connectivity index (χ1n) is 9.06. The van der Waals surface area contributed by atoms with Crippen LogP contribution in [-0.2, 0) is 14.4 Å². The Morgan fingerprint density at radius 1 is 1.15 bits per heavy atom. The van der Waals surface area contributed by atoms with Gasteiger partial charge in [-0.1, -0.05) is 29.8 Å². The number of hydrogen-bond donors (Lipinski definition) is 1. The number of likely N-dealkylation sites (tertiary alicyclic amines) is 1. The van der Waals surface area contributed by atoms with E-state index in [4.69, 9.17) is 11.6 Å². The number of hydrogen-bond acceptors (Lipinski definition) is 3. The van der Waals surface area contributed by atoms with Crippen molar-refractivity contribution >= 4 is 35.0 Å². The van der Waals surface area contributed by atoms with Crippen LogP contribution in [0.5, 0.6) is 0 Å². The first-order valence-corrected chi connectivity index (χ1v) is 9.43. The number of benzene rings is 1. The minimum absolute atomic E-state index is 0.176. The quantitative estimate of drug-likeness (QED) is 0.657. The van der Waals surface area contributed by atoms with Crippen LogP contribution in [0.2, 0.25) is 5.02 Å². The fourth-order valence-electron chi connectivity index (χ4n) is 5.25. The molecular weight excluding hydrogens is 352 g/mol. The van der Waals surface area contributed by atoms with Crippen LogP contribution in [0.15, 0.2) is 30.4 Å². The number of halogens is 1. The molecule has 5 nitrogen and oxygen atoms in total. The summed E-state index contributed by atoms with van der Waals surface area (Å²) in [6, 6.07) is 5.25. The third kappa shape index (κ3) is 2.13. The van der Waals surface area contributed by atoms with Gasteiger partial charge in [0.1, 0.15) is 6.54 Å². The molecule has 1 aromatic rings. The number of anilines is 1. The summed E-state index contributed by atoms with van der Waals surface area (Å²) in [5.74, 6) is 0.219. The van der Waals surface area contributed by atoms with Crippen molar-refractivity contribution in [3.8, 4) is 0 Å². The molecule has 6 rings (SSSR count). The molecule has 4 aliphatic carbocycles. The molecule has 3 amide bonds. The van der Waals surface area contributed by atoms with Gasteiger partial charge in [0, 0.05) is 10.7 Å². The van der Waals surface area contributed by atoms with Crippen molar-refractivity contribution < 1.29 is 14.4 Å². The number of carbonyl (C=O) groups excluding carboxylic acids is 3. The van der Waals surface area contributed by atoms with Crippen LogP contribution in [0.1, 0.15) is 12.0 Å². The van der Waals surface area contributed by atoms with Gasteiger partial charge in [0.2, 0.25) is 17.7 Å². The predicted octanol–water partition coefficient (Wildman–Crippen LogP) is 2.64. The average Bonchev–Trinajstić information content (AvgIpc) is 3.40. The SMILES string of the molecule is Cc1c(Cl)cccc1NC(=O)CN1C(=O)[C@@H]2[C@H]3C=C[C@@H]([C@@H]4C[C@H]34)[C@@H]2C1=O. The fourth-order valence-corrected chi connectivity index (χ4v) is 5.43. The number of allylic oxidation sites excluding steroid dienone is 2. The van der Waals surface area contributed by atoms with Crippen molar-refractivity contribution in [2.75, 3.05) is 11.9 Å². The summed E-state index contributed by atoms with van der Waals surface area (Å²) in [7, 11) is 0. The van der Waals surface area contributed by atoms with E-state index in [9.17, 15) is 14.4 Å². The average molecular weight is 371 g/mol. The first kappa shape index (κ1) is 16.1. The van der Waals surface area contributed by atoms with Gasteiger partial charge in [-0.3, -0.25) is 19.3 Å². The van der Waals surface area contributed by atoms with Gasteiger partial charge >= 0.3 is 0 Å². The van der Waals surface area contributed by atoms with Gasteiger partial charge in [-0.15, -0.1) is 0 Å². The van der Waals surface area contributed by atoms with Crippen LogP contribution in [-0.4, -0.2) is 29.2 Å². The minimum Gasteiger partial charge on any atom is -0.324 e. The molecule has 6 heteroatoms. The monoisotopic (exact) mass is 370 g/mol. The summed E-state index contributed by atoms with van der Waals surface area (Å²) in [5, 5.41) is 3.33. The Bertz CT molecular complexity index is 844. The van der Waals surface area contributed by atoms with E-state index >= 15 is 0 Å². The summed E-state index contributed by atoms with van der Waals surface area (Å²) in [5.41, 5.74) is 1.36. The standard InChI is InChI=1S/C20H19ClN2O3/c1-9-14(21)3-2-4-15(9)22-16(24)8-23-19(25)17-10-5-6-11(13-7-12(10)13)18(17)20(23)26/h2-6,10-13,17-18H,7-8H2,1H3,(H,22,24)/t10-,11-,12-,13+,17-,18+/m0/s1. The van der Waals surface area contributed by atoms with Gasteiger partial charge in [0.15, 0.2) is 0 Å². The van der Waals surface area contributed by atoms with Gasteiger partial charge < -0.3 is 5.32 Å². The van der Waals surface area contributed by atoms with Gasteiger partial charge in [0.25, 0.3) is 0 Å². The molecule has 134 valence electrons. The topological polar surface area (TPSA) is 66.5 Å². The molecular formula is C20H19ClN2O3. The normalized spacial score (nSPS) is 36.2. The Balaban J connectivity index is 1.34. The van der Waals surface area contributed by atoms with Gasteiger partial charge in [-0.05, 0) is 54.7 Å². The smallest absolute Gasteiger partial charge is 0.244 e. The molecule has 3 fully saturated rings. The lowest BCUT2D eigenvalue weighted by Gasteiger charge is -2.37. The van der Waals surface area contributed by atoms with Crippen molar-refractivity contribution in [1.29, 1.82) is 0 Å². The van der Waals surface area contributed by atoms with E-state index in [-0.39, 0.29) is 47.9 Å². The minimum atomic E-state index is -0.374. The number of nitrogens with one attached hydrogen (secondary N) is 1. The van der Waals surface area contributed by atoms with Gasteiger partial charge in [0.05, 0.1) is 11.8 Å². The number of rotatable bonds is 3. The van der Waals surface area contributed by atoms with Crippen molar-refractivity contribution in [2.45, 2.75) is 13.3 Å². The Morgan fingerprint density at radius 2 is 1.77 bits per heavy atom. The van der Waals surface area contributed by atoms with E-state index in [2.05, 4.69) is 17.5 Å². The lowest BCUT2D eigenvalue weighted by Crippen LogP contribution is -2.40. The molecule has 1 aromatic carbocycles. The number of amides is 3. The van der Waals surface area contributed by atoms with Crippen molar-refractivity contribution in [3.63, 3.8) is 0 Å². The highest BCUT2D eigenvalue weighted by molar-refractivity contribution is 6.31. The van der Waals surface area contributed by atoms with Crippen LogP contribution >= 0.6 is 11.6 Å². The van der Waals surface area contributed by atoms with E-state index in [0.29, 0.717) is 22.5 Å². The van der Waals surface area contributed by atoms with E-state index in [1.165, 1.54) is 4.90 Å². The van der Waals surface area contributed by atoms with Crippen LogP contribution < -0.4 is 5.32 Å². The number of carbonyl (C=O) groups is 3. The first-order chi connectivity index (χ1) is 12.5. The van der Waals surface area contributed by atoms with Crippen molar-refractivity contribution in [3.05, 3.63) is 40.9 Å². The number of imide groups is 1. The Labute approximate surface area is 156 Å². The molecule has 0 aromatic heterocycles. The summed E-state index contributed by atoms with van der Waals surface area (Å²) in [6.45, 7) is 1.58. The van der Waals surface area contributed by atoms with E-state index in [1.807, 2.05) is 6.92 Å². The highest BCUT2D eigenvalue weighted by atomic mass is 35.5. The number of nitrogens with zero attached hydrogens (tertiary/aromatic N) is 1. The maximum atomic E-state index is 12.9. The summed E-state index contributed by atoms with van der Waals surface area (Å²) in [6.07, 6.45) is 5.39. The van der Waals surface area contributed by atoms with Crippen LogP contribution in [0.4, 0.5) is 5.69 Å². The Kier molecular flexibility index (Phi) is 3.35. The van der Waals surface area contributed by atoms with Crippen molar-refractivity contribution in [2.24, 2.45) is 35.5 Å². The molecule has 2 saturated carbocycles. The van der Waals surface area contributed by atoms with Crippen LogP contribution in [0.3, 0.4) is 0 Å². The Hall–Kier alpha value is -2.14. The molecule has 1 N–H and O–H groups in total. The summed E-state index contributed by atoms with van der Waals surface area (Å²) < 4.78 is 0. The highest BCUT2D eigenvalue weighted by Gasteiger charge is 2.67. The predicted molar refractivity (Wildman–Crippen MR) is 96.2 cm³/mol. The zero-order valence-corrected chi connectivity index (χ0v) is 15.1. The molecule has 0 spiro atoms. The zero-order chi connectivity index (χ0) is 18.2. The fraction of sp³-hybridized carbons (Fsp3) is 0.450. The van der Waals surface area contributed by atoms with E-state index in [0.717, 1.165) is 12.0 Å². The Morgan fingerprint density at radius 3 is 2.38 bits per heavy atom. The second-order valence-electron chi connectivity index (χ2n) is 7.88. The van der Waals surface area contributed by atoms with Crippen LogP contribution in [0, 0.1) is 42.4 Å². The molecule has 1 aliphatic heterocycles. The molecule has 2 bridgehead atoms. The zero-order valence-electron chi connectivity index (χ0n) is 14.3. The second kappa shape index (κ2) is 5.43. The summed E-state index contributed by atoms with van der Waals surface area (Å²) in [4.78, 5) is 39.4. The molecule has 5 aliphatic rings. The largest absolute Gasteiger partial charge is 0.324 e. The maximum absolute atomic E-state index is 12.9. The maximum Gasteiger partial charge on any atom is 0.244 e. The van der Waals surface area contributed by atoms with Crippen molar-refractivity contribution in [1.82, 2.24) is 4.90 Å². The lowest BCUT2D eigenvalue weighted by molar-refractivity contribution is -0.142. The third-order valence-corrected chi connectivity index (χ3v) is 7.01. The van der Waals surface area contributed by atoms with Crippen LogP contribution in [0.25, 0.3) is 0 Å². The molecule has 0 radical (unpaired) electrons. The lowest BCUT2D eigenvalue weighted by atomic mass is 9.63. The molecule has 1 saturated heterocycles. The molecule has 6 atom stereocenters. The molecule has 1 heterocycles. The molecule has 0 unspecified atom stereocenters. The van der Waals surface area contributed by atoms with E-state index in [1.54, 1.807) is 18.2 Å². The third-order valence-electron chi connectivity index (χ3n) is 6.60. The molecule has 26 heavy (non-hydrogen) atoms. The summed E-state index contributed by atoms with van der Waals surface area (Å²) >= 11 is 6.08. The van der Waals surface area contributed by atoms with Gasteiger partial charge in [-0.25, -0.2) is 0 Å². The van der Waals surface area contributed by atoms with E-state index < -0.39 is 0 Å². The highest BCUT2D eigenvalue weighted by Crippen LogP contribution is 2.65.